The number of anilines is 1. The van der Waals surface area contributed by atoms with Gasteiger partial charge in [-0.15, -0.1) is 0 Å². The zero-order valence-corrected chi connectivity index (χ0v) is 14.5. The summed E-state index contributed by atoms with van der Waals surface area (Å²) < 4.78 is 5.50. The van der Waals surface area contributed by atoms with Crippen molar-refractivity contribution in [1.82, 2.24) is 4.90 Å². The van der Waals surface area contributed by atoms with Gasteiger partial charge >= 0.3 is 0 Å². The monoisotopic (exact) mass is 343 g/mol. The van der Waals surface area contributed by atoms with E-state index in [9.17, 15) is 0 Å². The first kappa shape index (κ1) is 17.0. The van der Waals surface area contributed by atoms with Crippen LogP contribution in [0, 0.1) is 0 Å². The predicted molar refractivity (Wildman–Crippen MR) is 99.8 cm³/mol. The fourth-order valence-corrected chi connectivity index (χ4v) is 3.05. The molecule has 1 saturated heterocycles. The number of nitrogens with one attached hydrogen (secondary N) is 1. The van der Waals surface area contributed by atoms with Gasteiger partial charge in [0.1, 0.15) is 0 Å². The first-order valence-corrected chi connectivity index (χ1v) is 8.54. The number of benzene rings is 2. The number of halogens is 1. The lowest BCUT2D eigenvalue weighted by Crippen LogP contribution is -2.41. The highest BCUT2D eigenvalue weighted by Gasteiger charge is 2.25. The Morgan fingerprint density at radius 1 is 1.08 bits per heavy atom. The van der Waals surface area contributed by atoms with E-state index in [1.165, 1.54) is 5.56 Å². The van der Waals surface area contributed by atoms with Crippen molar-refractivity contribution in [3.05, 3.63) is 65.2 Å². The van der Waals surface area contributed by atoms with E-state index in [0.29, 0.717) is 0 Å². The second kappa shape index (κ2) is 8.29. The van der Waals surface area contributed by atoms with Crippen molar-refractivity contribution in [3.8, 4) is 0 Å². The molecule has 0 aliphatic carbocycles. The normalized spacial score (nSPS) is 17.5. The minimum atomic E-state index is 0.148. The van der Waals surface area contributed by atoms with Crippen LogP contribution in [0.5, 0.6) is 0 Å². The third-order valence-electron chi connectivity index (χ3n) is 4.13. The summed E-state index contributed by atoms with van der Waals surface area (Å²) in [4.78, 5) is 2.42. The molecule has 0 aromatic heterocycles. The molecule has 1 aliphatic heterocycles. The van der Waals surface area contributed by atoms with Crippen molar-refractivity contribution in [1.29, 1.82) is 0 Å². The minimum absolute atomic E-state index is 0.148. The molecular formula is C19H22ClN3O. The van der Waals surface area contributed by atoms with Crippen LogP contribution < -0.4 is 5.43 Å². The summed E-state index contributed by atoms with van der Waals surface area (Å²) in [5.41, 5.74) is 6.33. The highest BCUT2D eigenvalue weighted by Crippen LogP contribution is 2.24. The zero-order valence-electron chi connectivity index (χ0n) is 13.8. The van der Waals surface area contributed by atoms with Gasteiger partial charge in [-0.25, -0.2) is 0 Å². The summed E-state index contributed by atoms with van der Waals surface area (Å²) in [6, 6.07) is 18.2. The molecule has 1 aliphatic rings. The van der Waals surface area contributed by atoms with E-state index in [4.69, 9.17) is 16.3 Å². The molecule has 0 saturated carbocycles. The summed E-state index contributed by atoms with van der Waals surface area (Å²) in [5, 5.41) is 5.34. The van der Waals surface area contributed by atoms with E-state index in [1.807, 2.05) is 30.3 Å². The van der Waals surface area contributed by atoms with Gasteiger partial charge in [0, 0.05) is 18.1 Å². The third-order valence-corrected chi connectivity index (χ3v) is 4.38. The fourth-order valence-electron chi connectivity index (χ4n) is 2.93. The average Bonchev–Trinajstić information content (AvgIpc) is 2.63. The summed E-state index contributed by atoms with van der Waals surface area (Å²) in [6.07, 6.45) is 0. The Balaban J connectivity index is 1.80. The van der Waals surface area contributed by atoms with Gasteiger partial charge < -0.3 is 4.74 Å². The van der Waals surface area contributed by atoms with E-state index in [1.54, 1.807) is 0 Å². The molecule has 2 aromatic rings. The minimum Gasteiger partial charge on any atom is -0.379 e. The Bertz CT molecular complexity index is 667. The van der Waals surface area contributed by atoms with Gasteiger partial charge in [0.25, 0.3) is 0 Å². The van der Waals surface area contributed by atoms with Crippen molar-refractivity contribution in [2.24, 2.45) is 5.10 Å². The van der Waals surface area contributed by atoms with Crippen LogP contribution in [0.2, 0.25) is 5.02 Å². The molecule has 4 nitrogen and oxygen atoms in total. The number of hydrazone groups is 1. The van der Waals surface area contributed by atoms with E-state index >= 15 is 0 Å². The number of ether oxygens (including phenoxy) is 1. The Hall–Kier alpha value is -1.88. The van der Waals surface area contributed by atoms with Gasteiger partial charge in [0.2, 0.25) is 0 Å². The molecule has 1 atom stereocenters. The molecule has 24 heavy (non-hydrogen) atoms. The molecule has 2 aromatic carbocycles. The first-order valence-electron chi connectivity index (χ1n) is 8.16. The molecule has 0 amide bonds. The molecule has 1 N–H and O–H groups in total. The van der Waals surface area contributed by atoms with Crippen molar-refractivity contribution < 1.29 is 4.74 Å². The quantitative estimate of drug-likeness (QED) is 0.653. The van der Waals surface area contributed by atoms with Crippen LogP contribution in [-0.4, -0.2) is 36.9 Å². The Morgan fingerprint density at radius 3 is 2.42 bits per heavy atom. The maximum atomic E-state index is 5.92. The van der Waals surface area contributed by atoms with Gasteiger partial charge in [0.05, 0.1) is 30.7 Å². The molecule has 126 valence electrons. The van der Waals surface area contributed by atoms with Crippen molar-refractivity contribution in [2.75, 3.05) is 31.7 Å². The second-order valence-corrected chi connectivity index (χ2v) is 6.27. The molecule has 3 rings (SSSR count). The van der Waals surface area contributed by atoms with Crippen LogP contribution in [0.3, 0.4) is 0 Å². The van der Waals surface area contributed by atoms with Gasteiger partial charge in [0.15, 0.2) is 0 Å². The highest BCUT2D eigenvalue weighted by atomic mass is 35.5. The van der Waals surface area contributed by atoms with Crippen LogP contribution in [0.4, 0.5) is 5.69 Å². The number of hydrogen-bond donors (Lipinski definition) is 1. The van der Waals surface area contributed by atoms with Crippen molar-refractivity contribution >= 4 is 23.0 Å². The Morgan fingerprint density at radius 2 is 1.75 bits per heavy atom. The van der Waals surface area contributed by atoms with Crippen LogP contribution in [0.1, 0.15) is 18.5 Å². The summed E-state index contributed by atoms with van der Waals surface area (Å²) in [5.74, 6) is 0. The van der Waals surface area contributed by atoms with Crippen LogP contribution in [0.25, 0.3) is 0 Å². The van der Waals surface area contributed by atoms with Crippen LogP contribution in [0.15, 0.2) is 59.7 Å². The van der Waals surface area contributed by atoms with E-state index < -0.39 is 0 Å². The Kier molecular flexibility index (Phi) is 5.86. The standard InChI is InChI=1S/C19H22ClN3O/c1-15(21-22-18-9-7-17(20)8-10-18)19(16-5-3-2-4-6-16)23-11-13-24-14-12-23/h2-10,19,22H,11-14H2,1H3/b21-15-/t19-/m1/s1. The zero-order chi connectivity index (χ0) is 16.8. The van der Waals surface area contributed by atoms with Crippen molar-refractivity contribution in [3.63, 3.8) is 0 Å². The molecule has 0 unspecified atom stereocenters. The topological polar surface area (TPSA) is 36.9 Å². The lowest BCUT2D eigenvalue weighted by molar-refractivity contribution is 0.0286. The Labute approximate surface area is 148 Å². The molecule has 0 radical (unpaired) electrons. The molecular weight excluding hydrogens is 322 g/mol. The maximum Gasteiger partial charge on any atom is 0.0753 e. The van der Waals surface area contributed by atoms with Gasteiger partial charge in [-0.2, -0.15) is 5.10 Å². The molecule has 1 fully saturated rings. The van der Waals surface area contributed by atoms with Crippen LogP contribution >= 0.6 is 11.6 Å². The summed E-state index contributed by atoms with van der Waals surface area (Å²) >= 11 is 5.92. The van der Waals surface area contributed by atoms with Gasteiger partial charge in [-0.3, -0.25) is 10.3 Å². The average molecular weight is 344 g/mol. The van der Waals surface area contributed by atoms with Gasteiger partial charge in [-0.1, -0.05) is 41.9 Å². The van der Waals surface area contributed by atoms with E-state index in [-0.39, 0.29) is 6.04 Å². The summed E-state index contributed by atoms with van der Waals surface area (Å²) in [7, 11) is 0. The SMILES string of the molecule is C/C(=N/Nc1ccc(Cl)cc1)[C@H](c1ccccc1)N1CCOCC1. The van der Waals surface area contributed by atoms with Crippen LogP contribution in [-0.2, 0) is 4.74 Å². The second-order valence-electron chi connectivity index (χ2n) is 5.83. The fraction of sp³-hybridized carbons (Fsp3) is 0.316. The lowest BCUT2D eigenvalue weighted by Gasteiger charge is -2.34. The molecule has 0 spiro atoms. The maximum absolute atomic E-state index is 5.92. The van der Waals surface area contributed by atoms with E-state index in [2.05, 4.69) is 46.6 Å². The molecule has 0 bridgehead atoms. The first-order chi connectivity index (χ1) is 11.7. The van der Waals surface area contributed by atoms with Gasteiger partial charge in [-0.05, 0) is 36.8 Å². The highest BCUT2D eigenvalue weighted by molar-refractivity contribution is 6.30. The number of morpholine rings is 1. The molecule has 1 heterocycles. The predicted octanol–water partition coefficient (Wildman–Crippen LogP) is 4.20. The smallest absolute Gasteiger partial charge is 0.0753 e. The molecule has 5 heteroatoms. The summed E-state index contributed by atoms with van der Waals surface area (Å²) in [6.45, 7) is 5.42. The van der Waals surface area contributed by atoms with Crippen molar-refractivity contribution in [2.45, 2.75) is 13.0 Å². The lowest BCUT2D eigenvalue weighted by atomic mass is 10.0. The third kappa shape index (κ3) is 4.35. The number of hydrogen-bond acceptors (Lipinski definition) is 4. The number of rotatable bonds is 5. The number of nitrogens with zero attached hydrogens (tertiary/aromatic N) is 2. The van der Waals surface area contributed by atoms with E-state index in [0.717, 1.165) is 42.7 Å². The largest absolute Gasteiger partial charge is 0.379 e.